The molecule has 0 spiro atoms. The lowest BCUT2D eigenvalue weighted by molar-refractivity contribution is -0.112. The highest BCUT2D eigenvalue weighted by atomic mass is 32.2. The van der Waals surface area contributed by atoms with Gasteiger partial charge in [-0.15, -0.1) is 0 Å². The SMILES string of the molecule is CN(CC(O)C(O)C(O)C(O)CO)c1nc(NCCS(=O)(=O)O)nc(Nc2ccc(C=Cc3ccc(Nc4nc(NCCS(=O)(=O)O)nc(N(C)CC(O)C(O)C(O)C(O)CO)n4)cc3S(=O)(=O)O)cc2)n1. The summed E-state index contributed by atoms with van der Waals surface area (Å²) in [5.41, 5.74) is 0.866. The molecule has 72 heavy (non-hydrogen) atoms. The van der Waals surface area contributed by atoms with Crippen molar-refractivity contribution in [3.63, 3.8) is 0 Å². The fourth-order valence-electron chi connectivity index (χ4n) is 6.09. The van der Waals surface area contributed by atoms with E-state index in [2.05, 4.69) is 51.2 Å². The Morgan fingerprint density at radius 3 is 1.32 bits per heavy atom. The van der Waals surface area contributed by atoms with E-state index in [9.17, 15) is 70.7 Å². The molecule has 400 valence electrons. The molecule has 2 aromatic carbocycles. The molecule has 17 N–H and O–H groups in total. The van der Waals surface area contributed by atoms with E-state index in [-0.39, 0.29) is 53.5 Å². The largest absolute Gasteiger partial charge is 0.394 e. The van der Waals surface area contributed by atoms with Crippen molar-refractivity contribution in [2.24, 2.45) is 0 Å². The number of hydrogen-bond donors (Lipinski definition) is 17. The highest BCUT2D eigenvalue weighted by Gasteiger charge is 2.33. The Morgan fingerprint density at radius 2 is 0.917 bits per heavy atom. The van der Waals surface area contributed by atoms with Gasteiger partial charge in [-0.25, -0.2) is 0 Å². The zero-order valence-electron chi connectivity index (χ0n) is 38.0. The van der Waals surface area contributed by atoms with Crippen molar-refractivity contribution in [3.8, 4) is 0 Å². The van der Waals surface area contributed by atoms with Crippen LogP contribution in [0.2, 0.25) is 0 Å². The Labute approximate surface area is 411 Å². The van der Waals surface area contributed by atoms with Gasteiger partial charge in [0.1, 0.15) is 53.7 Å². The fraction of sp³-hybridized carbons (Fsp3) is 0.474. The molecule has 0 aliphatic carbocycles. The van der Waals surface area contributed by atoms with E-state index >= 15 is 0 Å². The fourth-order valence-corrected chi connectivity index (χ4v) is 7.52. The number of likely N-dealkylation sites (N-methyl/N-ethyl adjacent to an activating group) is 2. The van der Waals surface area contributed by atoms with E-state index in [0.29, 0.717) is 11.3 Å². The molecule has 34 heteroatoms. The number of aliphatic hydroxyl groups excluding tert-OH is 10. The molecule has 2 heterocycles. The summed E-state index contributed by atoms with van der Waals surface area (Å²) < 4.78 is 99.0. The lowest BCUT2D eigenvalue weighted by Crippen LogP contribution is -2.49. The van der Waals surface area contributed by atoms with Crippen LogP contribution in [-0.4, -0.2) is 234 Å². The van der Waals surface area contributed by atoms with Crippen LogP contribution in [0.1, 0.15) is 11.1 Å². The maximum Gasteiger partial charge on any atom is 0.295 e. The van der Waals surface area contributed by atoms with Crippen LogP contribution < -0.4 is 31.1 Å². The summed E-state index contributed by atoms with van der Waals surface area (Å²) in [6, 6.07) is 10.0. The van der Waals surface area contributed by atoms with Gasteiger partial charge in [0.25, 0.3) is 30.4 Å². The second-order valence-corrected chi connectivity index (χ2v) is 20.3. The van der Waals surface area contributed by atoms with Crippen molar-refractivity contribution in [2.45, 2.75) is 53.7 Å². The molecule has 31 nitrogen and oxygen atoms in total. The van der Waals surface area contributed by atoms with Gasteiger partial charge in [-0.05, 0) is 35.4 Å². The van der Waals surface area contributed by atoms with E-state index in [0.717, 1.165) is 11.0 Å². The monoisotopic (exact) mass is 1080 g/mol. The van der Waals surface area contributed by atoms with Crippen molar-refractivity contribution in [1.82, 2.24) is 29.9 Å². The number of rotatable bonds is 29. The highest BCUT2D eigenvalue weighted by Crippen LogP contribution is 2.26. The van der Waals surface area contributed by atoms with Gasteiger partial charge >= 0.3 is 0 Å². The molecule has 0 fully saturated rings. The number of nitrogens with zero attached hydrogens (tertiary/aromatic N) is 8. The number of nitrogens with one attached hydrogen (secondary N) is 4. The third-order valence-electron chi connectivity index (χ3n) is 9.96. The number of aromatic nitrogens is 6. The lowest BCUT2D eigenvalue weighted by Gasteiger charge is -2.28. The highest BCUT2D eigenvalue weighted by molar-refractivity contribution is 7.86. The van der Waals surface area contributed by atoms with Crippen LogP contribution >= 0.6 is 0 Å². The van der Waals surface area contributed by atoms with Crippen LogP contribution in [-0.2, 0) is 30.4 Å². The van der Waals surface area contributed by atoms with E-state index in [1.807, 2.05) is 0 Å². The third-order valence-corrected chi connectivity index (χ3v) is 12.3. The summed E-state index contributed by atoms with van der Waals surface area (Å²) >= 11 is 0. The van der Waals surface area contributed by atoms with Gasteiger partial charge in [0.05, 0.1) is 24.7 Å². The van der Waals surface area contributed by atoms with Crippen molar-refractivity contribution in [1.29, 1.82) is 0 Å². The summed E-state index contributed by atoms with van der Waals surface area (Å²) in [6.07, 6.45) is -11.9. The van der Waals surface area contributed by atoms with Gasteiger partial charge in [-0.1, -0.05) is 30.4 Å². The first-order valence-electron chi connectivity index (χ1n) is 21.0. The first kappa shape index (κ1) is 58.9. The normalized spacial score (nSPS) is 15.7. The molecule has 0 radical (unpaired) electrons. The predicted octanol–water partition coefficient (Wildman–Crippen LogP) is -4.70. The number of aliphatic hydroxyl groups is 10. The summed E-state index contributed by atoms with van der Waals surface area (Å²) in [5.74, 6) is -2.78. The molecule has 0 aliphatic heterocycles. The van der Waals surface area contributed by atoms with Crippen LogP contribution in [0.4, 0.5) is 47.1 Å². The number of hydrogen-bond acceptors (Lipinski definition) is 28. The van der Waals surface area contributed by atoms with Crippen molar-refractivity contribution < 1.29 is 90.0 Å². The van der Waals surface area contributed by atoms with E-state index < -0.39 is 128 Å². The van der Waals surface area contributed by atoms with Crippen LogP contribution in [0.15, 0.2) is 47.4 Å². The Hall–Kier alpha value is -5.67. The standard InChI is InChI=1S/C38H56N12O19S3/c1-49(16-24(53)29(57)31(59)26(55)18-51)37-45-33(39-11-13-70(61,62)63)43-35(47-37)41-22-8-4-20(5-9-22)3-6-21-7-10-23(15-28(21)72(67,68)69)42-36-44-34(40-12-14-71(64,65)66)46-38(48-36)50(2)17-25(54)30(58)32(60)27(56)19-52/h3-10,15,24-27,29-32,51-60H,11-14,16-19H2,1-2H3,(H,61,62,63)(H,64,65,66)(H,67,68,69)(H2,39,41,43,45,47)(H2,40,42,44,46,48). The lowest BCUT2D eigenvalue weighted by atomic mass is 10.0. The minimum Gasteiger partial charge on any atom is -0.394 e. The number of anilines is 8. The third kappa shape index (κ3) is 18.4. The molecule has 0 saturated heterocycles. The average Bonchev–Trinajstić information content (AvgIpc) is 3.31. The van der Waals surface area contributed by atoms with Gasteiger partial charge in [0.15, 0.2) is 0 Å². The van der Waals surface area contributed by atoms with Crippen LogP contribution in [0, 0.1) is 0 Å². The van der Waals surface area contributed by atoms with E-state index in [1.165, 1.54) is 43.3 Å². The Morgan fingerprint density at radius 1 is 0.528 bits per heavy atom. The summed E-state index contributed by atoms with van der Waals surface area (Å²) in [4.78, 5) is 26.9. The average molecular weight is 1080 g/mol. The topological polar surface area (TPSA) is 497 Å². The molecule has 2 aromatic heterocycles. The summed E-state index contributed by atoms with van der Waals surface area (Å²) in [5, 5.41) is 110. The molecule has 0 amide bonds. The van der Waals surface area contributed by atoms with Crippen LogP contribution in [0.25, 0.3) is 12.2 Å². The van der Waals surface area contributed by atoms with Gasteiger partial charge < -0.3 is 82.1 Å². The van der Waals surface area contributed by atoms with Crippen molar-refractivity contribution >= 4 is 89.6 Å². The molecule has 8 atom stereocenters. The molecule has 8 unspecified atom stereocenters. The van der Waals surface area contributed by atoms with E-state index in [4.69, 9.17) is 19.3 Å². The zero-order valence-corrected chi connectivity index (χ0v) is 40.5. The first-order chi connectivity index (χ1) is 33.6. The first-order valence-corrected chi connectivity index (χ1v) is 25.7. The summed E-state index contributed by atoms with van der Waals surface area (Å²) in [7, 11) is -11.0. The maximum atomic E-state index is 12.6. The molecular weight excluding hydrogens is 1020 g/mol. The maximum absolute atomic E-state index is 12.6. The van der Waals surface area contributed by atoms with Crippen molar-refractivity contribution in [2.75, 3.05) is 96.1 Å². The minimum atomic E-state index is -4.92. The quantitative estimate of drug-likeness (QED) is 0.0179. The van der Waals surface area contributed by atoms with E-state index in [1.54, 1.807) is 24.3 Å². The Kier molecular flexibility index (Phi) is 21.1. The van der Waals surface area contributed by atoms with Gasteiger partial charge in [-0.3, -0.25) is 13.7 Å². The summed E-state index contributed by atoms with van der Waals surface area (Å²) in [6.45, 7) is -3.49. The molecular formula is C38H56N12O19S3. The van der Waals surface area contributed by atoms with Crippen molar-refractivity contribution in [3.05, 3.63) is 53.6 Å². The molecule has 0 saturated carbocycles. The predicted molar refractivity (Wildman–Crippen MR) is 256 cm³/mol. The molecule has 0 bridgehead atoms. The van der Waals surface area contributed by atoms with Crippen LogP contribution in [0.3, 0.4) is 0 Å². The molecule has 0 aliphatic rings. The smallest absolute Gasteiger partial charge is 0.295 e. The minimum absolute atomic E-state index is 0.00234. The molecule has 4 rings (SSSR count). The molecule has 4 aromatic rings. The number of benzene rings is 2. The van der Waals surface area contributed by atoms with Gasteiger partial charge in [0, 0.05) is 51.6 Å². The Balaban J connectivity index is 1.57. The van der Waals surface area contributed by atoms with Crippen LogP contribution in [0.5, 0.6) is 0 Å². The second-order valence-electron chi connectivity index (χ2n) is 15.8. The van der Waals surface area contributed by atoms with Gasteiger partial charge in [-0.2, -0.15) is 55.2 Å². The Bertz CT molecular complexity index is 2790. The van der Waals surface area contributed by atoms with Gasteiger partial charge in [0.2, 0.25) is 35.7 Å². The zero-order chi connectivity index (χ0) is 53.7. The second kappa shape index (κ2) is 25.8.